The third-order valence-corrected chi connectivity index (χ3v) is 6.06. The molecule has 172 valence electrons. The predicted molar refractivity (Wildman–Crippen MR) is 129 cm³/mol. The van der Waals surface area contributed by atoms with E-state index >= 15 is 0 Å². The minimum absolute atomic E-state index is 0.0125. The molecule has 0 spiro atoms. The number of benzene rings is 3. The van der Waals surface area contributed by atoms with Gasteiger partial charge in [0.05, 0.1) is 5.69 Å². The molecule has 0 radical (unpaired) electrons. The summed E-state index contributed by atoms with van der Waals surface area (Å²) in [5.74, 6) is -0.426. The van der Waals surface area contributed by atoms with Crippen molar-refractivity contribution in [2.75, 3.05) is 18.9 Å². The van der Waals surface area contributed by atoms with Crippen LogP contribution in [0, 0.1) is 5.82 Å². The quantitative estimate of drug-likeness (QED) is 0.397. The summed E-state index contributed by atoms with van der Waals surface area (Å²) in [6.07, 6.45) is 1.90. The molecule has 0 aliphatic carbocycles. The fourth-order valence-electron chi connectivity index (χ4n) is 4.01. The third-order valence-electron chi connectivity index (χ3n) is 5.81. The number of halogens is 2. The highest BCUT2D eigenvalue weighted by atomic mass is 35.5. The van der Waals surface area contributed by atoms with Crippen molar-refractivity contribution >= 4 is 23.2 Å². The molecule has 0 saturated carbocycles. The number of hydrogen-bond acceptors (Lipinski definition) is 4. The molecule has 1 fully saturated rings. The third kappa shape index (κ3) is 4.53. The zero-order valence-corrected chi connectivity index (χ0v) is 19.0. The molecule has 34 heavy (non-hydrogen) atoms. The lowest BCUT2D eigenvalue weighted by Crippen LogP contribution is -2.30. The number of nitrogens with two attached hydrogens (primary N) is 1. The molecule has 1 unspecified atom stereocenters. The minimum Gasteiger partial charge on any atom is -0.399 e. The van der Waals surface area contributed by atoms with Crippen LogP contribution in [-0.2, 0) is 16.0 Å². The Kier molecular flexibility index (Phi) is 6.04. The molecule has 2 heterocycles. The molecule has 1 aromatic heterocycles. The molecule has 1 saturated heterocycles. The number of amides is 1. The second-order valence-electron chi connectivity index (χ2n) is 8.10. The summed E-state index contributed by atoms with van der Waals surface area (Å²) < 4.78 is 21.2. The maximum Gasteiger partial charge on any atom is 0.250 e. The monoisotopic (exact) mass is 476 g/mol. The van der Waals surface area contributed by atoms with Gasteiger partial charge in [0.1, 0.15) is 18.1 Å². The Morgan fingerprint density at radius 1 is 1.03 bits per heavy atom. The van der Waals surface area contributed by atoms with Crippen LogP contribution in [0.2, 0.25) is 5.02 Å². The van der Waals surface area contributed by atoms with Crippen molar-refractivity contribution in [2.24, 2.45) is 0 Å². The van der Waals surface area contributed by atoms with E-state index < -0.39 is 6.23 Å². The van der Waals surface area contributed by atoms with E-state index in [4.69, 9.17) is 27.2 Å². The van der Waals surface area contributed by atoms with Crippen LogP contribution < -0.4 is 5.73 Å². The predicted octanol–water partition coefficient (Wildman–Crippen LogP) is 5.01. The zero-order valence-electron chi connectivity index (χ0n) is 18.2. The second kappa shape index (κ2) is 9.29. The average molecular weight is 477 g/mol. The van der Waals surface area contributed by atoms with Gasteiger partial charge in [-0.3, -0.25) is 4.79 Å². The van der Waals surface area contributed by atoms with Crippen LogP contribution in [0.5, 0.6) is 0 Å². The SMILES string of the molecule is Nc1ccc(CCN2C(=O)COC2c2cn(-c3ccc(Cl)cc3)nc2-c2ccc(F)cc2)cc1. The van der Waals surface area contributed by atoms with Crippen molar-refractivity contribution < 1.29 is 13.9 Å². The Labute approximate surface area is 201 Å². The lowest BCUT2D eigenvalue weighted by molar-refractivity contribution is -0.128. The van der Waals surface area contributed by atoms with Crippen LogP contribution in [0.15, 0.2) is 79.0 Å². The number of anilines is 1. The van der Waals surface area contributed by atoms with Gasteiger partial charge in [-0.1, -0.05) is 23.7 Å². The van der Waals surface area contributed by atoms with Crippen LogP contribution in [-0.4, -0.2) is 33.7 Å². The van der Waals surface area contributed by atoms with Crippen molar-refractivity contribution in [3.05, 3.63) is 101 Å². The highest BCUT2D eigenvalue weighted by Gasteiger charge is 2.36. The summed E-state index contributed by atoms with van der Waals surface area (Å²) in [4.78, 5) is 14.4. The molecule has 1 aliphatic rings. The molecule has 6 nitrogen and oxygen atoms in total. The number of nitrogens with zero attached hydrogens (tertiary/aromatic N) is 3. The maximum absolute atomic E-state index is 13.6. The summed E-state index contributed by atoms with van der Waals surface area (Å²) in [5.41, 5.74) is 10.4. The molecule has 3 aromatic carbocycles. The van der Waals surface area contributed by atoms with E-state index in [1.807, 2.05) is 42.6 Å². The van der Waals surface area contributed by atoms with Gasteiger partial charge in [0.15, 0.2) is 6.23 Å². The van der Waals surface area contributed by atoms with Crippen LogP contribution in [0.3, 0.4) is 0 Å². The largest absolute Gasteiger partial charge is 0.399 e. The summed E-state index contributed by atoms with van der Waals surface area (Å²) in [5, 5.41) is 5.38. The van der Waals surface area contributed by atoms with E-state index in [2.05, 4.69) is 0 Å². The van der Waals surface area contributed by atoms with E-state index in [-0.39, 0.29) is 18.3 Å². The smallest absolute Gasteiger partial charge is 0.250 e. The van der Waals surface area contributed by atoms with Crippen LogP contribution in [0.4, 0.5) is 10.1 Å². The highest BCUT2D eigenvalue weighted by Crippen LogP contribution is 2.35. The molecule has 5 rings (SSSR count). The normalized spacial score (nSPS) is 15.8. The Morgan fingerprint density at radius 2 is 1.74 bits per heavy atom. The maximum atomic E-state index is 13.6. The summed E-state index contributed by atoms with van der Waals surface area (Å²) in [6.45, 7) is 0.462. The Hall–Kier alpha value is -3.68. The minimum atomic E-state index is -0.609. The Balaban J connectivity index is 1.50. The Bertz CT molecular complexity index is 1300. The molecule has 2 N–H and O–H groups in total. The lowest BCUT2D eigenvalue weighted by Gasteiger charge is -2.23. The zero-order chi connectivity index (χ0) is 23.7. The van der Waals surface area contributed by atoms with E-state index in [0.29, 0.717) is 29.4 Å². The molecule has 0 bridgehead atoms. The van der Waals surface area contributed by atoms with Gasteiger partial charge in [0.2, 0.25) is 0 Å². The first-order valence-corrected chi connectivity index (χ1v) is 11.2. The molecule has 1 amide bonds. The number of nitrogen functional groups attached to an aromatic ring is 1. The fourth-order valence-corrected chi connectivity index (χ4v) is 4.14. The molecular formula is C26H22ClFN4O2. The molecule has 8 heteroatoms. The molecular weight excluding hydrogens is 455 g/mol. The first-order valence-electron chi connectivity index (χ1n) is 10.8. The van der Waals surface area contributed by atoms with E-state index in [1.54, 1.807) is 33.8 Å². The van der Waals surface area contributed by atoms with Gasteiger partial charge in [-0.05, 0) is 72.6 Å². The first kappa shape index (κ1) is 22.1. The van der Waals surface area contributed by atoms with Crippen LogP contribution >= 0.6 is 11.6 Å². The molecule has 4 aromatic rings. The average Bonchev–Trinajstić information content (AvgIpc) is 3.43. The van der Waals surface area contributed by atoms with Crippen LogP contribution in [0.25, 0.3) is 16.9 Å². The van der Waals surface area contributed by atoms with Crippen molar-refractivity contribution in [2.45, 2.75) is 12.6 Å². The van der Waals surface area contributed by atoms with Crippen LogP contribution in [0.1, 0.15) is 17.4 Å². The first-order chi connectivity index (χ1) is 16.5. The lowest BCUT2D eigenvalue weighted by atomic mass is 10.1. The fraction of sp³-hybridized carbons (Fsp3) is 0.154. The highest BCUT2D eigenvalue weighted by molar-refractivity contribution is 6.30. The number of aromatic nitrogens is 2. The molecule has 1 atom stereocenters. The number of ether oxygens (including phenoxy) is 1. The van der Waals surface area contributed by atoms with E-state index in [9.17, 15) is 9.18 Å². The van der Waals surface area contributed by atoms with Crippen molar-refractivity contribution in [1.29, 1.82) is 0 Å². The summed E-state index contributed by atoms with van der Waals surface area (Å²) >= 11 is 6.04. The van der Waals surface area contributed by atoms with Crippen molar-refractivity contribution in [3.8, 4) is 16.9 Å². The van der Waals surface area contributed by atoms with Gasteiger partial charge in [-0.2, -0.15) is 5.10 Å². The van der Waals surface area contributed by atoms with Gasteiger partial charge in [-0.25, -0.2) is 9.07 Å². The second-order valence-corrected chi connectivity index (χ2v) is 8.54. The Morgan fingerprint density at radius 3 is 2.44 bits per heavy atom. The van der Waals surface area contributed by atoms with Gasteiger partial charge >= 0.3 is 0 Å². The number of rotatable bonds is 6. The van der Waals surface area contributed by atoms with Crippen molar-refractivity contribution in [3.63, 3.8) is 0 Å². The van der Waals surface area contributed by atoms with Gasteiger partial charge < -0.3 is 15.4 Å². The molecule has 1 aliphatic heterocycles. The number of carbonyl (C=O) groups excluding carboxylic acids is 1. The van der Waals surface area contributed by atoms with Gasteiger partial charge in [0, 0.05) is 34.6 Å². The van der Waals surface area contributed by atoms with E-state index in [0.717, 1.165) is 22.4 Å². The van der Waals surface area contributed by atoms with Gasteiger partial charge in [-0.15, -0.1) is 0 Å². The number of carbonyl (C=O) groups is 1. The summed E-state index contributed by atoms with van der Waals surface area (Å²) in [7, 11) is 0. The summed E-state index contributed by atoms with van der Waals surface area (Å²) in [6, 6.07) is 21.0. The van der Waals surface area contributed by atoms with Crippen molar-refractivity contribution in [1.82, 2.24) is 14.7 Å². The standard InChI is InChI=1S/C26H22ClFN4O2/c27-19-5-11-22(12-6-19)32-15-23(25(30-32)18-3-7-20(28)8-4-18)26-31(24(33)16-34-26)14-13-17-1-9-21(29)10-2-17/h1-12,15,26H,13-14,16,29H2. The topological polar surface area (TPSA) is 73.4 Å². The number of hydrogen-bond donors (Lipinski definition) is 1. The van der Waals surface area contributed by atoms with E-state index in [1.165, 1.54) is 12.1 Å². The van der Waals surface area contributed by atoms with Gasteiger partial charge in [0.25, 0.3) is 5.91 Å².